The monoisotopic (exact) mass is 163 g/mol. The van der Waals surface area contributed by atoms with Gasteiger partial charge >= 0.3 is 0 Å². The molecule has 0 unspecified atom stereocenters. The van der Waals surface area contributed by atoms with Gasteiger partial charge in [-0.05, 0) is 25.0 Å². The highest BCUT2D eigenvalue weighted by Gasteiger charge is 1.93. The third-order valence-corrected chi connectivity index (χ3v) is 1.72. The summed E-state index contributed by atoms with van der Waals surface area (Å²) in [6.07, 6.45) is 1.72. The third kappa shape index (κ3) is 2.09. The smallest absolute Gasteiger partial charge is 0.106 e. The normalized spacial score (nSPS) is 10.6. The molecule has 0 saturated carbocycles. The Balaban J connectivity index is 2.94. The largest absolute Gasteiger partial charge is 0.399 e. The number of oxime groups is 1. The second-order valence-corrected chi connectivity index (χ2v) is 2.78. The minimum absolute atomic E-state index is 1.10. The Morgan fingerprint density at radius 2 is 2.08 bits per heavy atom. The van der Waals surface area contributed by atoms with Gasteiger partial charge in [0.15, 0.2) is 0 Å². The van der Waals surface area contributed by atoms with Crippen molar-refractivity contribution in [3.8, 4) is 0 Å². The van der Waals surface area contributed by atoms with Crippen molar-refractivity contribution < 1.29 is 4.84 Å². The van der Waals surface area contributed by atoms with Crippen molar-refractivity contribution in [1.82, 2.24) is 0 Å². The molecule has 0 aliphatic rings. The zero-order valence-corrected chi connectivity index (χ0v) is 7.66. The molecule has 0 N–H and O–H groups in total. The van der Waals surface area contributed by atoms with Gasteiger partial charge in [-0.2, -0.15) is 0 Å². The van der Waals surface area contributed by atoms with Gasteiger partial charge in [-0.3, -0.25) is 0 Å². The minimum atomic E-state index is 1.10. The van der Waals surface area contributed by atoms with E-state index in [4.69, 9.17) is 0 Å². The zero-order chi connectivity index (χ0) is 8.97. The first-order valence-electron chi connectivity index (χ1n) is 3.88. The Bertz CT molecular complexity index is 292. The molecule has 0 atom stereocenters. The van der Waals surface area contributed by atoms with Crippen molar-refractivity contribution in [1.29, 1.82) is 0 Å². The highest BCUT2D eigenvalue weighted by Crippen LogP contribution is 2.07. The summed E-state index contributed by atoms with van der Waals surface area (Å²) in [7, 11) is 1.54. The first kappa shape index (κ1) is 8.78. The van der Waals surface area contributed by atoms with Crippen LogP contribution in [0.25, 0.3) is 0 Å². The van der Waals surface area contributed by atoms with Crippen molar-refractivity contribution >= 4 is 6.21 Å². The molecule has 0 fully saturated rings. The molecule has 1 aromatic carbocycles. The molecule has 1 aromatic rings. The van der Waals surface area contributed by atoms with Crippen LogP contribution in [0.1, 0.15) is 16.7 Å². The van der Waals surface area contributed by atoms with Gasteiger partial charge in [0.1, 0.15) is 7.11 Å². The van der Waals surface area contributed by atoms with E-state index in [9.17, 15) is 0 Å². The molecule has 2 heteroatoms. The van der Waals surface area contributed by atoms with Crippen LogP contribution in [0.2, 0.25) is 0 Å². The topological polar surface area (TPSA) is 21.6 Å². The van der Waals surface area contributed by atoms with Crippen LogP contribution in [-0.2, 0) is 4.84 Å². The molecular weight excluding hydrogens is 150 g/mol. The predicted octanol–water partition coefficient (Wildman–Crippen LogP) is 2.28. The van der Waals surface area contributed by atoms with Crippen LogP contribution in [0.3, 0.4) is 0 Å². The lowest BCUT2D eigenvalue weighted by molar-refractivity contribution is 0.215. The maximum absolute atomic E-state index is 4.60. The van der Waals surface area contributed by atoms with E-state index in [1.165, 1.54) is 11.1 Å². The van der Waals surface area contributed by atoms with Crippen LogP contribution in [0.15, 0.2) is 23.4 Å². The number of benzene rings is 1. The van der Waals surface area contributed by atoms with Crippen molar-refractivity contribution in [2.24, 2.45) is 5.16 Å². The summed E-state index contributed by atoms with van der Waals surface area (Å²) in [6, 6.07) is 6.22. The summed E-state index contributed by atoms with van der Waals surface area (Å²) in [5.74, 6) is 0. The number of hydrogen-bond acceptors (Lipinski definition) is 2. The molecule has 0 bridgehead atoms. The Kier molecular flexibility index (Phi) is 2.86. The molecule has 12 heavy (non-hydrogen) atoms. The summed E-state index contributed by atoms with van der Waals surface area (Å²) in [4.78, 5) is 4.60. The highest BCUT2D eigenvalue weighted by atomic mass is 16.6. The SMILES string of the molecule is CO/N=C/c1ccc(C)cc1C. The molecule has 0 amide bonds. The molecule has 2 nitrogen and oxygen atoms in total. The molecule has 1 rings (SSSR count). The van der Waals surface area contributed by atoms with E-state index < -0.39 is 0 Å². The maximum Gasteiger partial charge on any atom is 0.106 e. The van der Waals surface area contributed by atoms with Gasteiger partial charge < -0.3 is 4.84 Å². The van der Waals surface area contributed by atoms with Crippen molar-refractivity contribution in [2.75, 3.05) is 7.11 Å². The fraction of sp³-hybridized carbons (Fsp3) is 0.300. The van der Waals surface area contributed by atoms with Gasteiger partial charge in [0.2, 0.25) is 0 Å². The molecular formula is C10H13NO. The Labute approximate surface area is 72.9 Å². The number of rotatable bonds is 2. The fourth-order valence-corrected chi connectivity index (χ4v) is 1.08. The van der Waals surface area contributed by atoms with Crippen molar-refractivity contribution in [3.63, 3.8) is 0 Å². The molecule has 64 valence electrons. The molecule has 0 radical (unpaired) electrons. The average Bonchev–Trinajstić information content (AvgIpc) is 2.03. The van der Waals surface area contributed by atoms with E-state index in [0.29, 0.717) is 0 Å². The standard InChI is InChI=1S/C10H13NO/c1-8-4-5-10(7-11-12-3)9(2)6-8/h4-7H,1-3H3/b11-7+. The lowest BCUT2D eigenvalue weighted by Gasteiger charge is -1.99. The number of hydrogen-bond donors (Lipinski definition) is 0. The van der Waals surface area contributed by atoms with Gasteiger partial charge in [0.25, 0.3) is 0 Å². The van der Waals surface area contributed by atoms with Gasteiger partial charge in [-0.15, -0.1) is 0 Å². The van der Waals surface area contributed by atoms with Crippen LogP contribution in [0.4, 0.5) is 0 Å². The van der Waals surface area contributed by atoms with E-state index in [2.05, 4.69) is 36.0 Å². The number of aryl methyl sites for hydroxylation is 2. The lowest BCUT2D eigenvalue weighted by atomic mass is 10.1. The molecule has 0 heterocycles. The van der Waals surface area contributed by atoms with Crippen molar-refractivity contribution in [2.45, 2.75) is 13.8 Å². The average molecular weight is 163 g/mol. The minimum Gasteiger partial charge on any atom is -0.399 e. The van der Waals surface area contributed by atoms with Crippen LogP contribution in [0.5, 0.6) is 0 Å². The third-order valence-electron chi connectivity index (χ3n) is 1.72. The van der Waals surface area contributed by atoms with E-state index in [1.807, 2.05) is 6.07 Å². The molecule has 0 aliphatic heterocycles. The van der Waals surface area contributed by atoms with Crippen LogP contribution in [0, 0.1) is 13.8 Å². The van der Waals surface area contributed by atoms with Gasteiger partial charge in [-0.25, -0.2) is 0 Å². The first-order valence-corrected chi connectivity index (χ1v) is 3.88. The highest BCUT2D eigenvalue weighted by molar-refractivity contribution is 5.81. The fourth-order valence-electron chi connectivity index (χ4n) is 1.08. The molecule has 0 saturated heterocycles. The van der Waals surface area contributed by atoms with Gasteiger partial charge in [0.05, 0.1) is 6.21 Å². The van der Waals surface area contributed by atoms with Crippen LogP contribution >= 0.6 is 0 Å². The predicted molar refractivity (Wildman–Crippen MR) is 50.5 cm³/mol. The van der Waals surface area contributed by atoms with E-state index in [1.54, 1.807) is 13.3 Å². The first-order chi connectivity index (χ1) is 5.74. The molecule has 0 aromatic heterocycles. The summed E-state index contributed by atoms with van der Waals surface area (Å²) < 4.78 is 0. The second-order valence-electron chi connectivity index (χ2n) is 2.78. The Morgan fingerprint density at radius 1 is 1.33 bits per heavy atom. The van der Waals surface area contributed by atoms with Crippen molar-refractivity contribution in [3.05, 3.63) is 34.9 Å². The summed E-state index contributed by atoms with van der Waals surface area (Å²) in [5, 5.41) is 3.71. The number of nitrogens with zero attached hydrogens (tertiary/aromatic N) is 1. The molecule has 0 spiro atoms. The quantitative estimate of drug-likeness (QED) is 0.484. The summed E-state index contributed by atoms with van der Waals surface area (Å²) in [6.45, 7) is 4.13. The lowest BCUT2D eigenvalue weighted by Crippen LogP contribution is -1.87. The molecule has 0 aliphatic carbocycles. The van der Waals surface area contributed by atoms with Crippen LogP contribution < -0.4 is 0 Å². The summed E-state index contributed by atoms with van der Waals surface area (Å²) in [5.41, 5.74) is 3.58. The van der Waals surface area contributed by atoms with E-state index in [-0.39, 0.29) is 0 Å². The Hall–Kier alpha value is -1.31. The van der Waals surface area contributed by atoms with E-state index >= 15 is 0 Å². The van der Waals surface area contributed by atoms with Gasteiger partial charge in [-0.1, -0.05) is 28.9 Å². The summed E-state index contributed by atoms with van der Waals surface area (Å²) >= 11 is 0. The zero-order valence-electron chi connectivity index (χ0n) is 7.66. The second kappa shape index (κ2) is 3.90. The maximum atomic E-state index is 4.60. The van der Waals surface area contributed by atoms with Crippen LogP contribution in [-0.4, -0.2) is 13.3 Å². The Morgan fingerprint density at radius 3 is 2.67 bits per heavy atom. The van der Waals surface area contributed by atoms with E-state index in [0.717, 1.165) is 5.56 Å². The van der Waals surface area contributed by atoms with Gasteiger partial charge in [0, 0.05) is 0 Å².